The number of hydrogen-bond donors (Lipinski definition) is 1. The molecule has 1 aromatic rings. The Hall–Kier alpha value is 0.0500. The van der Waals surface area contributed by atoms with Crippen LogP contribution in [0.4, 0.5) is 0 Å². The summed E-state index contributed by atoms with van der Waals surface area (Å²) in [6.07, 6.45) is 2.29. The van der Waals surface area contributed by atoms with Gasteiger partial charge in [-0.05, 0) is 42.7 Å². The molecule has 0 saturated carbocycles. The van der Waals surface area contributed by atoms with Crippen molar-refractivity contribution in [1.82, 2.24) is 0 Å². The number of benzene rings is 1. The molecule has 2 heteroatoms. The van der Waals surface area contributed by atoms with Crippen LogP contribution in [0, 0.1) is 6.92 Å². The Bertz CT molecular complexity index is 258. The summed E-state index contributed by atoms with van der Waals surface area (Å²) in [5.74, 6) is 0.967. The second-order valence-corrected chi connectivity index (χ2v) is 4.21. The predicted octanol–water partition coefficient (Wildman–Crippen LogP) is 3.62. The topological polar surface area (TPSA) is 0 Å². The van der Waals surface area contributed by atoms with E-state index < -0.39 is 0 Å². The lowest BCUT2D eigenvalue weighted by Gasteiger charge is -2.02. The fraction of sp³-hybridized carbons (Fsp3) is 0.400. The summed E-state index contributed by atoms with van der Waals surface area (Å²) in [5.41, 5.74) is 2.72. The Labute approximate surface area is 87.9 Å². The molecular formula is C10H13BrS. The largest absolute Gasteiger partial charge is 0.179 e. The number of rotatable bonds is 3. The summed E-state index contributed by atoms with van der Waals surface area (Å²) in [4.78, 5) is 0. The maximum absolute atomic E-state index is 4.19. The van der Waals surface area contributed by atoms with Gasteiger partial charge in [0.1, 0.15) is 0 Å². The summed E-state index contributed by atoms with van der Waals surface area (Å²) < 4.78 is 1.19. The molecule has 0 aromatic heterocycles. The van der Waals surface area contributed by atoms with Gasteiger partial charge in [-0.2, -0.15) is 12.6 Å². The van der Waals surface area contributed by atoms with Crippen molar-refractivity contribution in [3.8, 4) is 0 Å². The minimum atomic E-state index is 0.967. The van der Waals surface area contributed by atoms with Crippen LogP contribution in [-0.4, -0.2) is 5.75 Å². The zero-order valence-electron chi connectivity index (χ0n) is 7.18. The molecule has 0 radical (unpaired) electrons. The van der Waals surface area contributed by atoms with Gasteiger partial charge in [-0.25, -0.2) is 0 Å². The van der Waals surface area contributed by atoms with E-state index in [4.69, 9.17) is 0 Å². The van der Waals surface area contributed by atoms with Gasteiger partial charge in [0, 0.05) is 4.47 Å². The van der Waals surface area contributed by atoms with Crippen LogP contribution in [0.3, 0.4) is 0 Å². The molecule has 0 nitrogen and oxygen atoms in total. The van der Waals surface area contributed by atoms with E-state index in [1.165, 1.54) is 15.6 Å². The van der Waals surface area contributed by atoms with Gasteiger partial charge in [0.15, 0.2) is 0 Å². The molecule has 0 amide bonds. The molecule has 0 spiro atoms. The zero-order chi connectivity index (χ0) is 8.97. The lowest BCUT2D eigenvalue weighted by atomic mass is 10.1. The van der Waals surface area contributed by atoms with Gasteiger partial charge in [0.2, 0.25) is 0 Å². The number of halogens is 1. The van der Waals surface area contributed by atoms with Crippen molar-refractivity contribution in [2.45, 2.75) is 19.8 Å². The zero-order valence-corrected chi connectivity index (χ0v) is 9.66. The van der Waals surface area contributed by atoms with Crippen LogP contribution in [0.15, 0.2) is 22.7 Å². The monoisotopic (exact) mass is 244 g/mol. The first-order chi connectivity index (χ1) is 5.74. The fourth-order valence-electron chi connectivity index (χ4n) is 1.15. The van der Waals surface area contributed by atoms with Crippen molar-refractivity contribution in [3.63, 3.8) is 0 Å². The van der Waals surface area contributed by atoms with Gasteiger partial charge < -0.3 is 0 Å². The molecule has 0 aliphatic heterocycles. The van der Waals surface area contributed by atoms with E-state index in [0.29, 0.717) is 0 Å². The first kappa shape index (κ1) is 10.1. The van der Waals surface area contributed by atoms with Crippen LogP contribution >= 0.6 is 28.6 Å². The van der Waals surface area contributed by atoms with Crippen LogP contribution in [0.2, 0.25) is 0 Å². The second kappa shape index (κ2) is 4.93. The summed E-state index contributed by atoms with van der Waals surface area (Å²) >= 11 is 7.67. The molecule has 66 valence electrons. The van der Waals surface area contributed by atoms with E-state index in [0.717, 1.165) is 18.6 Å². The molecule has 0 saturated heterocycles. The summed E-state index contributed by atoms with van der Waals surface area (Å²) in [7, 11) is 0. The van der Waals surface area contributed by atoms with Crippen LogP contribution in [-0.2, 0) is 6.42 Å². The Morgan fingerprint density at radius 2 is 2.17 bits per heavy atom. The highest BCUT2D eigenvalue weighted by Crippen LogP contribution is 2.17. The Morgan fingerprint density at radius 3 is 2.75 bits per heavy atom. The Kier molecular flexibility index (Phi) is 4.16. The molecule has 0 aliphatic carbocycles. The first-order valence-electron chi connectivity index (χ1n) is 4.10. The molecule has 1 aromatic carbocycles. The van der Waals surface area contributed by atoms with Gasteiger partial charge >= 0.3 is 0 Å². The van der Waals surface area contributed by atoms with E-state index >= 15 is 0 Å². The Balaban J connectivity index is 2.69. The van der Waals surface area contributed by atoms with Crippen LogP contribution < -0.4 is 0 Å². The lowest BCUT2D eigenvalue weighted by Crippen LogP contribution is -1.87. The van der Waals surface area contributed by atoms with Crippen molar-refractivity contribution in [2.24, 2.45) is 0 Å². The molecule has 12 heavy (non-hydrogen) atoms. The van der Waals surface area contributed by atoms with Crippen LogP contribution in [0.1, 0.15) is 17.5 Å². The van der Waals surface area contributed by atoms with Gasteiger partial charge in [-0.3, -0.25) is 0 Å². The van der Waals surface area contributed by atoms with Crippen molar-refractivity contribution >= 4 is 28.6 Å². The molecule has 1 rings (SSSR count). The van der Waals surface area contributed by atoms with Crippen LogP contribution in [0.5, 0.6) is 0 Å². The third-order valence-electron chi connectivity index (χ3n) is 1.85. The average Bonchev–Trinajstić information content (AvgIpc) is 2.07. The van der Waals surface area contributed by atoms with Crippen molar-refractivity contribution in [1.29, 1.82) is 0 Å². The summed E-state index contributed by atoms with van der Waals surface area (Å²) in [5, 5.41) is 0. The third-order valence-corrected chi connectivity index (χ3v) is 3.05. The van der Waals surface area contributed by atoms with Crippen molar-refractivity contribution in [2.75, 3.05) is 5.75 Å². The Morgan fingerprint density at radius 1 is 1.42 bits per heavy atom. The third kappa shape index (κ3) is 2.83. The second-order valence-electron chi connectivity index (χ2n) is 2.91. The maximum atomic E-state index is 4.19. The lowest BCUT2D eigenvalue weighted by molar-refractivity contribution is 0.934. The molecule has 0 N–H and O–H groups in total. The molecule has 0 bridgehead atoms. The van der Waals surface area contributed by atoms with E-state index in [9.17, 15) is 0 Å². The average molecular weight is 245 g/mol. The quantitative estimate of drug-likeness (QED) is 0.772. The van der Waals surface area contributed by atoms with E-state index in [1.807, 2.05) is 0 Å². The van der Waals surface area contributed by atoms with E-state index in [2.05, 4.69) is 53.7 Å². The van der Waals surface area contributed by atoms with Gasteiger partial charge in [-0.1, -0.05) is 28.1 Å². The molecular weight excluding hydrogens is 232 g/mol. The summed E-state index contributed by atoms with van der Waals surface area (Å²) in [6.45, 7) is 2.12. The highest BCUT2D eigenvalue weighted by Gasteiger charge is 1.96. The highest BCUT2D eigenvalue weighted by atomic mass is 79.9. The van der Waals surface area contributed by atoms with Crippen molar-refractivity contribution in [3.05, 3.63) is 33.8 Å². The molecule has 0 fully saturated rings. The molecule has 0 heterocycles. The normalized spacial score (nSPS) is 10.2. The molecule has 0 aliphatic rings. The van der Waals surface area contributed by atoms with Crippen LogP contribution in [0.25, 0.3) is 0 Å². The molecule has 0 atom stereocenters. The fourth-order valence-corrected chi connectivity index (χ4v) is 1.55. The predicted molar refractivity (Wildman–Crippen MR) is 61.1 cm³/mol. The first-order valence-corrected chi connectivity index (χ1v) is 5.52. The number of thiol groups is 1. The van der Waals surface area contributed by atoms with E-state index in [-0.39, 0.29) is 0 Å². The number of hydrogen-bond acceptors (Lipinski definition) is 1. The highest BCUT2D eigenvalue weighted by molar-refractivity contribution is 9.10. The maximum Gasteiger partial charge on any atom is 0.0204 e. The van der Waals surface area contributed by atoms with Gasteiger partial charge in [0.25, 0.3) is 0 Å². The van der Waals surface area contributed by atoms with Gasteiger partial charge in [0.05, 0.1) is 0 Å². The van der Waals surface area contributed by atoms with Crippen molar-refractivity contribution < 1.29 is 0 Å². The van der Waals surface area contributed by atoms with Gasteiger partial charge in [-0.15, -0.1) is 0 Å². The minimum Gasteiger partial charge on any atom is -0.179 e. The smallest absolute Gasteiger partial charge is 0.0204 e. The minimum absolute atomic E-state index is 0.967. The summed E-state index contributed by atoms with van der Waals surface area (Å²) in [6, 6.07) is 6.51. The van der Waals surface area contributed by atoms with E-state index in [1.54, 1.807) is 0 Å². The number of aryl methyl sites for hydroxylation is 2. The standard InChI is InChI=1S/C10H13BrS/c1-8-7-9(3-2-6-12)4-5-10(8)11/h4-5,7,12H,2-3,6H2,1H3. The SMILES string of the molecule is Cc1cc(CCCS)ccc1Br. The molecule has 0 unspecified atom stereocenters.